The van der Waals surface area contributed by atoms with Crippen molar-refractivity contribution in [2.45, 2.75) is 4.90 Å². The molecule has 1 aliphatic rings. The molecule has 1 amide bonds. The van der Waals surface area contributed by atoms with Crippen molar-refractivity contribution < 1.29 is 13.2 Å². The van der Waals surface area contributed by atoms with E-state index in [1.54, 1.807) is 53.8 Å². The van der Waals surface area contributed by atoms with Crippen LogP contribution in [-0.2, 0) is 10.0 Å². The van der Waals surface area contributed by atoms with Crippen molar-refractivity contribution >= 4 is 38.3 Å². The minimum Gasteiger partial charge on any atom is -0.335 e. The maximum atomic E-state index is 13.2. The molecule has 0 atom stereocenters. The first kappa shape index (κ1) is 22.4. The van der Waals surface area contributed by atoms with E-state index in [1.807, 2.05) is 18.2 Å². The Balaban J connectivity index is 1.27. The lowest BCUT2D eigenvalue weighted by atomic mass is 10.1. The van der Waals surface area contributed by atoms with Gasteiger partial charge in [-0.3, -0.25) is 14.8 Å². The number of hydrogen-bond donors (Lipinski definition) is 0. The van der Waals surface area contributed by atoms with Crippen molar-refractivity contribution in [3.05, 3.63) is 84.0 Å². The van der Waals surface area contributed by atoms with Crippen molar-refractivity contribution in [3.63, 3.8) is 0 Å². The van der Waals surface area contributed by atoms with E-state index in [2.05, 4.69) is 15.0 Å². The van der Waals surface area contributed by atoms with Gasteiger partial charge >= 0.3 is 0 Å². The summed E-state index contributed by atoms with van der Waals surface area (Å²) in [7, 11) is -3.70. The third-order valence-corrected chi connectivity index (χ3v) is 7.91. The largest absolute Gasteiger partial charge is 0.335 e. The van der Waals surface area contributed by atoms with Crippen LogP contribution in [0, 0.1) is 0 Å². The second-order valence-electron chi connectivity index (χ2n) is 7.87. The smallest absolute Gasteiger partial charge is 0.274 e. The molecule has 0 bridgehead atoms. The molecule has 4 aromatic rings. The Morgan fingerprint density at radius 2 is 1.59 bits per heavy atom. The van der Waals surface area contributed by atoms with E-state index in [9.17, 15) is 13.2 Å². The summed E-state index contributed by atoms with van der Waals surface area (Å²) in [4.78, 5) is 27.3. The van der Waals surface area contributed by atoms with Gasteiger partial charge < -0.3 is 4.90 Å². The molecule has 172 valence electrons. The summed E-state index contributed by atoms with van der Waals surface area (Å²) in [5.74, 6) is -0.272. The van der Waals surface area contributed by atoms with Crippen molar-refractivity contribution in [1.82, 2.24) is 24.2 Å². The van der Waals surface area contributed by atoms with Crippen LogP contribution in [0.5, 0.6) is 0 Å². The lowest BCUT2D eigenvalue weighted by Gasteiger charge is -2.33. The van der Waals surface area contributed by atoms with E-state index < -0.39 is 10.0 Å². The Hall–Kier alpha value is -3.40. The maximum Gasteiger partial charge on any atom is 0.274 e. The lowest BCUT2D eigenvalue weighted by molar-refractivity contribution is 0.0691. The van der Waals surface area contributed by atoms with E-state index in [0.717, 1.165) is 16.3 Å². The van der Waals surface area contributed by atoms with Gasteiger partial charge in [-0.15, -0.1) is 0 Å². The third-order valence-electron chi connectivity index (χ3n) is 5.78. The number of halogens is 1. The van der Waals surface area contributed by atoms with E-state index >= 15 is 0 Å². The van der Waals surface area contributed by atoms with Crippen LogP contribution in [0.2, 0.25) is 5.02 Å². The predicted octanol–water partition coefficient (Wildman–Crippen LogP) is 3.49. The first-order valence-electron chi connectivity index (χ1n) is 10.6. The van der Waals surface area contributed by atoms with Gasteiger partial charge in [-0.1, -0.05) is 23.7 Å². The number of sulfonamides is 1. The number of piperazine rings is 1. The minimum atomic E-state index is -3.70. The highest BCUT2D eigenvalue weighted by molar-refractivity contribution is 7.89. The molecule has 1 fully saturated rings. The highest BCUT2D eigenvalue weighted by Crippen LogP contribution is 2.25. The van der Waals surface area contributed by atoms with Crippen molar-refractivity contribution in [2.24, 2.45) is 0 Å². The Labute approximate surface area is 201 Å². The molecule has 1 saturated heterocycles. The Morgan fingerprint density at radius 1 is 0.853 bits per heavy atom. The molecule has 8 nitrogen and oxygen atoms in total. The van der Waals surface area contributed by atoms with Crippen LogP contribution in [-0.4, -0.2) is 64.7 Å². The zero-order valence-electron chi connectivity index (χ0n) is 18.0. The van der Waals surface area contributed by atoms with E-state index in [4.69, 9.17) is 11.6 Å². The molecule has 34 heavy (non-hydrogen) atoms. The zero-order chi connectivity index (χ0) is 23.7. The molecule has 2 aromatic carbocycles. The fourth-order valence-electron chi connectivity index (χ4n) is 3.91. The van der Waals surface area contributed by atoms with Crippen molar-refractivity contribution in [1.29, 1.82) is 0 Å². The number of carbonyl (C=O) groups excluding carboxylic acids is 1. The summed E-state index contributed by atoms with van der Waals surface area (Å²) in [6.45, 7) is 0.935. The number of pyridine rings is 1. The number of amides is 1. The molecular formula is C24H20ClN5O3S. The summed E-state index contributed by atoms with van der Waals surface area (Å²) in [5, 5.41) is 2.22. The number of fused-ring (bicyclic) bond motifs is 1. The normalized spacial score (nSPS) is 14.9. The second kappa shape index (κ2) is 9.09. The van der Waals surface area contributed by atoms with Gasteiger partial charge in [0.1, 0.15) is 5.69 Å². The molecule has 0 aliphatic carbocycles. The molecule has 3 heterocycles. The van der Waals surface area contributed by atoms with Crippen molar-refractivity contribution in [2.75, 3.05) is 26.2 Å². The third kappa shape index (κ3) is 4.37. The van der Waals surface area contributed by atoms with E-state index in [0.29, 0.717) is 10.7 Å². The minimum absolute atomic E-state index is 0.199. The number of hydrogen-bond acceptors (Lipinski definition) is 6. The van der Waals surface area contributed by atoms with Gasteiger partial charge in [0.25, 0.3) is 5.91 Å². The number of nitrogens with zero attached hydrogens (tertiary/aromatic N) is 5. The summed E-state index contributed by atoms with van der Waals surface area (Å²) in [5.41, 5.74) is 1.73. The molecule has 2 aromatic heterocycles. The van der Waals surface area contributed by atoms with Crippen LogP contribution in [0.25, 0.3) is 22.0 Å². The molecule has 0 spiro atoms. The number of benzene rings is 2. The van der Waals surface area contributed by atoms with Gasteiger partial charge in [-0.05, 0) is 47.2 Å². The van der Waals surface area contributed by atoms with Crippen LogP contribution < -0.4 is 0 Å². The molecule has 1 aliphatic heterocycles. The van der Waals surface area contributed by atoms with Gasteiger partial charge in [-0.25, -0.2) is 13.4 Å². The predicted molar refractivity (Wildman–Crippen MR) is 129 cm³/mol. The number of carbonyl (C=O) groups is 1. The second-order valence-corrected chi connectivity index (χ2v) is 10.2. The first-order chi connectivity index (χ1) is 16.4. The molecule has 10 heteroatoms. The maximum absolute atomic E-state index is 13.2. The Morgan fingerprint density at radius 3 is 2.29 bits per heavy atom. The topological polar surface area (TPSA) is 96.4 Å². The first-order valence-corrected chi connectivity index (χ1v) is 12.4. The van der Waals surface area contributed by atoms with E-state index in [-0.39, 0.29) is 42.7 Å². The molecule has 0 unspecified atom stereocenters. The van der Waals surface area contributed by atoms with Gasteiger partial charge in [0.2, 0.25) is 10.0 Å². The fraction of sp³-hybridized carbons (Fsp3) is 0.167. The quantitative estimate of drug-likeness (QED) is 0.431. The van der Waals surface area contributed by atoms with Gasteiger partial charge in [0, 0.05) is 49.2 Å². The zero-order valence-corrected chi connectivity index (χ0v) is 19.6. The molecule has 0 saturated carbocycles. The summed E-state index contributed by atoms with van der Waals surface area (Å²) in [6.07, 6.45) is 6.32. The van der Waals surface area contributed by atoms with Gasteiger partial charge in [-0.2, -0.15) is 4.31 Å². The van der Waals surface area contributed by atoms with Crippen LogP contribution in [0.1, 0.15) is 10.5 Å². The van der Waals surface area contributed by atoms with E-state index in [1.165, 1.54) is 10.5 Å². The summed E-state index contributed by atoms with van der Waals surface area (Å²) in [6, 6.07) is 14.0. The SMILES string of the molecule is O=C(c1cnc(-c2ccncc2)cn1)N1CCN(S(=O)(=O)c2ccc3ccc(Cl)cc3c2)CC1. The standard InChI is InChI=1S/C24H20ClN5O3S/c25-20-3-1-17-2-4-21(14-19(17)13-20)34(32,33)30-11-9-29(10-12-30)24(31)23-16-27-22(15-28-23)18-5-7-26-8-6-18/h1-8,13-16H,9-12H2. The molecule has 0 radical (unpaired) electrons. The Bertz CT molecular complexity index is 1460. The lowest BCUT2D eigenvalue weighted by Crippen LogP contribution is -2.50. The number of aromatic nitrogens is 3. The fourth-order valence-corrected chi connectivity index (χ4v) is 5.55. The van der Waals surface area contributed by atoms with Gasteiger partial charge in [0.15, 0.2) is 0 Å². The highest BCUT2D eigenvalue weighted by Gasteiger charge is 2.31. The summed E-state index contributed by atoms with van der Waals surface area (Å²) >= 11 is 6.06. The van der Waals surface area contributed by atoms with Crippen LogP contribution in [0.4, 0.5) is 0 Å². The van der Waals surface area contributed by atoms with Crippen LogP contribution in [0.15, 0.2) is 78.2 Å². The number of rotatable bonds is 4. The van der Waals surface area contributed by atoms with Gasteiger partial charge in [0.05, 0.1) is 23.0 Å². The Kier molecular flexibility index (Phi) is 5.99. The van der Waals surface area contributed by atoms with Crippen molar-refractivity contribution in [3.8, 4) is 11.3 Å². The molecule has 5 rings (SSSR count). The van der Waals surface area contributed by atoms with Crippen LogP contribution in [0.3, 0.4) is 0 Å². The van der Waals surface area contributed by atoms with Crippen LogP contribution >= 0.6 is 11.6 Å². The monoisotopic (exact) mass is 493 g/mol. The molecular weight excluding hydrogens is 474 g/mol. The summed E-state index contributed by atoms with van der Waals surface area (Å²) < 4.78 is 27.8. The highest BCUT2D eigenvalue weighted by atomic mass is 35.5. The molecule has 0 N–H and O–H groups in total. The average Bonchev–Trinajstić information content (AvgIpc) is 2.88. The average molecular weight is 494 g/mol.